The molecule has 0 aromatic rings. The molecule has 0 bridgehead atoms. The third kappa shape index (κ3) is 11.4. The average Bonchev–Trinajstić information content (AvgIpc) is 1.83. The van der Waals surface area contributed by atoms with Gasteiger partial charge in [0.05, 0.1) is 10.1 Å². The largest absolute Gasteiger partial charge is 1.00 e. The van der Waals surface area contributed by atoms with Crippen molar-refractivity contribution < 1.29 is 42.5 Å². The minimum atomic E-state index is -4.02. The van der Waals surface area contributed by atoms with Gasteiger partial charge in [-0.15, -0.1) is 0 Å². The van der Waals surface area contributed by atoms with Crippen molar-refractivity contribution in [2.75, 3.05) is 5.75 Å². The Balaban J connectivity index is 0. The van der Waals surface area contributed by atoms with Crippen LogP contribution in [0.4, 0.5) is 0 Å². The fourth-order valence-electron chi connectivity index (χ4n) is 0.730. The summed E-state index contributed by atoms with van der Waals surface area (Å²) in [5.41, 5.74) is 0. The van der Waals surface area contributed by atoms with Gasteiger partial charge < -0.3 is 4.55 Å². The molecule has 0 N–H and O–H groups in total. The second kappa shape index (κ2) is 7.76. The zero-order valence-electron chi connectivity index (χ0n) is 7.42. The first kappa shape index (κ1) is 15.8. The Morgan fingerprint density at radius 3 is 2.25 bits per heavy atom. The van der Waals surface area contributed by atoms with Crippen molar-refractivity contribution in [3.8, 4) is 0 Å². The molecule has 0 aliphatic rings. The molecule has 0 saturated heterocycles. The van der Waals surface area contributed by atoms with E-state index in [1.54, 1.807) is 0 Å². The molecule has 0 fully saturated rings. The van der Waals surface area contributed by atoms with Crippen molar-refractivity contribution in [2.45, 2.75) is 31.0 Å². The molecule has 6 heteroatoms. The van der Waals surface area contributed by atoms with Crippen molar-refractivity contribution in [3.63, 3.8) is 0 Å². The van der Waals surface area contributed by atoms with Gasteiger partial charge in [0, 0.05) is 10.6 Å². The van der Waals surface area contributed by atoms with Gasteiger partial charge >= 0.3 is 29.6 Å². The van der Waals surface area contributed by atoms with Crippen molar-refractivity contribution >= 4 is 26.0 Å². The Hall–Kier alpha value is 1.39. The van der Waals surface area contributed by atoms with Gasteiger partial charge in [0.1, 0.15) is 0 Å². The smallest absolute Gasteiger partial charge is 0.748 e. The summed E-state index contributed by atoms with van der Waals surface area (Å²) < 4.78 is 30.5. The van der Waals surface area contributed by atoms with Gasteiger partial charge in [-0.25, -0.2) is 8.42 Å². The number of rotatable bonds is 5. The molecule has 0 aromatic carbocycles. The Morgan fingerprint density at radius 1 is 1.42 bits per heavy atom. The molecule has 0 amide bonds. The third-order valence-electron chi connectivity index (χ3n) is 1.28. The fourth-order valence-corrected chi connectivity index (χ4v) is 2.29. The first-order valence-corrected chi connectivity index (χ1v) is 6.02. The Kier molecular flexibility index (Phi) is 10.2. The molecule has 0 radical (unpaired) electrons. The minimum Gasteiger partial charge on any atom is -0.748 e. The van der Waals surface area contributed by atoms with Crippen LogP contribution in [0.25, 0.3) is 0 Å². The predicted octanol–water partition coefficient (Wildman–Crippen LogP) is -1.51. The van der Waals surface area contributed by atoms with Crippen LogP contribution in [0.15, 0.2) is 0 Å². The molecular formula is C6H12BrNaO3S. The standard InChI is InChI=1S/C6H13BrO3S.Na/c1-2-3-6(7)4-5-11(8,9)10;/h6H,2-5H2,1H3,(H,8,9,10);/q;+1/p-1. The van der Waals surface area contributed by atoms with Crippen molar-refractivity contribution in [3.05, 3.63) is 0 Å². The zero-order chi connectivity index (χ0) is 8.91. The molecule has 1 atom stereocenters. The zero-order valence-corrected chi connectivity index (χ0v) is 11.8. The summed E-state index contributed by atoms with van der Waals surface area (Å²) in [6.07, 6.45) is 2.32. The van der Waals surface area contributed by atoms with E-state index in [-0.39, 0.29) is 40.1 Å². The van der Waals surface area contributed by atoms with Gasteiger partial charge in [-0.05, 0) is 12.8 Å². The maximum Gasteiger partial charge on any atom is 1.00 e. The number of halogens is 1. The molecule has 0 aliphatic carbocycles. The van der Waals surface area contributed by atoms with E-state index in [4.69, 9.17) is 0 Å². The maximum atomic E-state index is 10.2. The van der Waals surface area contributed by atoms with Crippen LogP contribution in [0.2, 0.25) is 0 Å². The number of alkyl halides is 1. The van der Waals surface area contributed by atoms with Crippen LogP contribution >= 0.6 is 15.9 Å². The van der Waals surface area contributed by atoms with E-state index in [1.807, 2.05) is 6.92 Å². The summed E-state index contributed by atoms with van der Waals surface area (Å²) in [6, 6.07) is 0. The molecule has 0 aliphatic heterocycles. The Labute approximate surface area is 104 Å². The summed E-state index contributed by atoms with van der Waals surface area (Å²) in [5, 5.41) is 0. The van der Waals surface area contributed by atoms with Crippen LogP contribution < -0.4 is 29.6 Å². The molecule has 0 saturated carbocycles. The SMILES string of the molecule is CCCC(Br)CCS(=O)(=O)[O-].[Na+]. The van der Waals surface area contributed by atoms with Crippen molar-refractivity contribution in [1.82, 2.24) is 0 Å². The minimum absolute atomic E-state index is 0. The van der Waals surface area contributed by atoms with Crippen molar-refractivity contribution in [2.24, 2.45) is 0 Å². The molecule has 3 nitrogen and oxygen atoms in total. The molecule has 0 rings (SSSR count). The Morgan fingerprint density at radius 2 is 1.92 bits per heavy atom. The summed E-state index contributed by atoms with van der Waals surface area (Å²) in [7, 11) is -4.02. The summed E-state index contributed by atoms with van der Waals surface area (Å²) >= 11 is 3.29. The maximum absolute atomic E-state index is 10.2. The molecule has 0 heterocycles. The molecule has 0 spiro atoms. The van der Waals surface area contributed by atoms with Crippen LogP contribution in [0.3, 0.4) is 0 Å². The van der Waals surface area contributed by atoms with Gasteiger partial charge in [0.25, 0.3) is 0 Å². The van der Waals surface area contributed by atoms with Gasteiger partial charge in [-0.1, -0.05) is 29.3 Å². The number of hydrogen-bond donors (Lipinski definition) is 0. The molecule has 12 heavy (non-hydrogen) atoms. The molecule has 0 aromatic heterocycles. The van der Waals surface area contributed by atoms with E-state index >= 15 is 0 Å². The second-order valence-electron chi connectivity index (χ2n) is 2.44. The van der Waals surface area contributed by atoms with Crippen LogP contribution in [-0.2, 0) is 10.1 Å². The summed E-state index contributed by atoms with van der Waals surface area (Å²) in [5.74, 6) is -0.261. The van der Waals surface area contributed by atoms with Crippen LogP contribution in [0.5, 0.6) is 0 Å². The third-order valence-corrected chi connectivity index (χ3v) is 2.93. The van der Waals surface area contributed by atoms with E-state index in [1.165, 1.54) is 0 Å². The van der Waals surface area contributed by atoms with E-state index in [0.29, 0.717) is 6.42 Å². The van der Waals surface area contributed by atoms with Gasteiger partial charge in [0.15, 0.2) is 0 Å². The van der Waals surface area contributed by atoms with Crippen LogP contribution in [0.1, 0.15) is 26.2 Å². The Bertz CT molecular complexity index is 193. The first-order valence-electron chi connectivity index (χ1n) is 3.53. The topological polar surface area (TPSA) is 57.2 Å². The molecular weight excluding hydrogens is 255 g/mol. The van der Waals surface area contributed by atoms with E-state index in [9.17, 15) is 13.0 Å². The fraction of sp³-hybridized carbons (Fsp3) is 1.00. The van der Waals surface area contributed by atoms with E-state index < -0.39 is 10.1 Å². The monoisotopic (exact) mass is 266 g/mol. The predicted molar refractivity (Wildman–Crippen MR) is 46.8 cm³/mol. The van der Waals surface area contributed by atoms with Crippen molar-refractivity contribution in [1.29, 1.82) is 0 Å². The second-order valence-corrected chi connectivity index (χ2v) is 5.25. The van der Waals surface area contributed by atoms with Crippen LogP contribution in [-0.4, -0.2) is 23.6 Å². The summed E-state index contributed by atoms with van der Waals surface area (Å²) in [4.78, 5) is 0.163. The average molecular weight is 267 g/mol. The van der Waals surface area contributed by atoms with Gasteiger partial charge in [-0.2, -0.15) is 0 Å². The van der Waals surface area contributed by atoms with Gasteiger partial charge in [0.2, 0.25) is 0 Å². The number of hydrogen-bond acceptors (Lipinski definition) is 3. The molecule has 1 unspecified atom stereocenters. The normalized spacial score (nSPS) is 13.6. The summed E-state index contributed by atoms with van der Waals surface area (Å²) in [6.45, 7) is 2.01. The first-order chi connectivity index (χ1) is 4.95. The van der Waals surface area contributed by atoms with Crippen LogP contribution in [0, 0.1) is 0 Å². The van der Waals surface area contributed by atoms with Gasteiger partial charge in [-0.3, -0.25) is 0 Å². The van der Waals surface area contributed by atoms with E-state index in [0.717, 1.165) is 12.8 Å². The van der Waals surface area contributed by atoms with E-state index in [2.05, 4.69) is 15.9 Å². The molecule has 68 valence electrons. The quantitative estimate of drug-likeness (QED) is 0.346.